The molecule has 0 amide bonds. The first-order valence-corrected chi connectivity index (χ1v) is 4.97. The average molecular weight is 153 g/mol. The molecule has 2 rings (SSSR count). The largest absolute Gasteiger partial charge is 0.304 e. The van der Waals surface area contributed by atoms with Crippen molar-refractivity contribution in [2.24, 2.45) is 11.8 Å². The van der Waals surface area contributed by atoms with E-state index in [0.717, 1.165) is 17.9 Å². The number of piperidine rings is 1. The van der Waals surface area contributed by atoms with E-state index < -0.39 is 0 Å². The molecule has 0 radical (unpaired) electrons. The fraction of sp³-hybridized carbons (Fsp3) is 1.00. The van der Waals surface area contributed by atoms with E-state index in [4.69, 9.17) is 0 Å². The van der Waals surface area contributed by atoms with Crippen molar-refractivity contribution in [1.29, 1.82) is 0 Å². The lowest BCUT2D eigenvalue weighted by Gasteiger charge is -2.35. The van der Waals surface area contributed by atoms with Gasteiger partial charge in [-0.05, 0) is 58.0 Å². The molecule has 1 unspecified atom stereocenters. The zero-order valence-electron chi connectivity index (χ0n) is 7.71. The van der Waals surface area contributed by atoms with Crippen LogP contribution in [-0.2, 0) is 0 Å². The fourth-order valence-corrected chi connectivity index (χ4v) is 2.32. The lowest BCUT2D eigenvalue weighted by atomic mass is 9.88. The van der Waals surface area contributed by atoms with E-state index in [1.165, 1.54) is 32.2 Å². The van der Waals surface area contributed by atoms with Crippen LogP contribution >= 0.6 is 0 Å². The molecule has 1 heteroatoms. The van der Waals surface area contributed by atoms with E-state index in [2.05, 4.69) is 18.9 Å². The van der Waals surface area contributed by atoms with Crippen molar-refractivity contribution < 1.29 is 0 Å². The first-order chi connectivity index (χ1) is 5.27. The van der Waals surface area contributed by atoms with E-state index in [9.17, 15) is 0 Å². The lowest BCUT2D eigenvalue weighted by molar-refractivity contribution is 0.143. The van der Waals surface area contributed by atoms with E-state index in [1.54, 1.807) is 0 Å². The Morgan fingerprint density at radius 1 is 1.09 bits per heavy atom. The summed E-state index contributed by atoms with van der Waals surface area (Å²) in [6.45, 7) is 3.71. The van der Waals surface area contributed by atoms with E-state index in [0.29, 0.717) is 0 Å². The molecule has 1 aliphatic carbocycles. The Labute approximate surface area is 69.8 Å². The Morgan fingerprint density at radius 3 is 2.36 bits per heavy atom. The molecule has 1 nitrogen and oxygen atoms in total. The maximum Gasteiger partial charge on any atom is 0.00666 e. The summed E-state index contributed by atoms with van der Waals surface area (Å²) in [5.74, 6) is 2.22. The highest BCUT2D eigenvalue weighted by Crippen LogP contribution is 2.42. The van der Waals surface area contributed by atoms with Gasteiger partial charge in [0.15, 0.2) is 0 Å². The van der Waals surface area contributed by atoms with Crippen molar-refractivity contribution in [1.82, 2.24) is 4.90 Å². The number of hydrogen-bond acceptors (Lipinski definition) is 1. The van der Waals surface area contributed by atoms with Gasteiger partial charge < -0.3 is 4.90 Å². The molecule has 1 saturated carbocycles. The molecule has 1 heterocycles. The Kier molecular flexibility index (Phi) is 1.92. The third-order valence-electron chi connectivity index (χ3n) is 3.54. The van der Waals surface area contributed by atoms with Crippen LogP contribution in [0, 0.1) is 11.8 Å². The molecule has 0 bridgehead atoms. The summed E-state index contributed by atoms with van der Waals surface area (Å²) in [6.07, 6.45) is 5.98. The van der Waals surface area contributed by atoms with Gasteiger partial charge in [-0.2, -0.15) is 0 Å². The summed E-state index contributed by atoms with van der Waals surface area (Å²) in [5, 5.41) is 0. The van der Waals surface area contributed by atoms with Crippen LogP contribution < -0.4 is 0 Å². The molecule has 0 aromatic carbocycles. The number of hydrogen-bond donors (Lipinski definition) is 0. The van der Waals surface area contributed by atoms with Crippen molar-refractivity contribution in [3.63, 3.8) is 0 Å². The Morgan fingerprint density at radius 2 is 1.82 bits per heavy atom. The molecule has 2 atom stereocenters. The number of rotatable bonds is 1. The topological polar surface area (TPSA) is 3.24 Å². The number of likely N-dealkylation sites (tertiary alicyclic amines) is 1. The quantitative estimate of drug-likeness (QED) is 0.558. The Bertz CT molecular complexity index is 140. The van der Waals surface area contributed by atoms with Gasteiger partial charge in [-0.25, -0.2) is 0 Å². The van der Waals surface area contributed by atoms with Crippen LogP contribution in [0.1, 0.15) is 32.6 Å². The monoisotopic (exact) mass is 153 g/mol. The van der Waals surface area contributed by atoms with Crippen molar-refractivity contribution in [2.45, 2.75) is 38.6 Å². The summed E-state index contributed by atoms with van der Waals surface area (Å²) < 4.78 is 0. The van der Waals surface area contributed by atoms with Gasteiger partial charge in [0.1, 0.15) is 0 Å². The van der Waals surface area contributed by atoms with Crippen LogP contribution in [0.4, 0.5) is 0 Å². The minimum Gasteiger partial charge on any atom is -0.304 e. The summed E-state index contributed by atoms with van der Waals surface area (Å²) in [7, 11) is 2.26. The first kappa shape index (κ1) is 7.60. The highest BCUT2D eigenvalue weighted by atomic mass is 15.1. The molecule has 0 aromatic heterocycles. The van der Waals surface area contributed by atoms with Gasteiger partial charge in [0, 0.05) is 6.04 Å². The first-order valence-electron chi connectivity index (χ1n) is 4.97. The van der Waals surface area contributed by atoms with Crippen LogP contribution in [-0.4, -0.2) is 24.5 Å². The van der Waals surface area contributed by atoms with Gasteiger partial charge in [-0.1, -0.05) is 0 Å². The second-order valence-corrected chi connectivity index (χ2v) is 4.45. The normalized spacial score (nSPS) is 40.9. The summed E-state index contributed by atoms with van der Waals surface area (Å²) in [5.41, 5.74) is 0. The third-order valence-corrected chi connectivity index (χ3v) is 3.54. The molecule has 0 aromatic rings. The van der Waals surface area contributed by atoms with Gasteiger partial charge >= 0.3 is 0 Å². The predicted octanol–water partition coefficient (Wildman–Crippen LogP) is 2.13. The second kappa shape index (κ2) is 2.78. The molecule has 2 aliphatic rings. The van der Waals surface area contributed by atoms with E-state index in [1.807, 2.05) is 0 Å². The molecule has 1 aliphatic heterocycles. The lowest BCUT2D eigenvalue weighted by Crippen LogP contribution is -2.38. The van der Waals surface area contributed by atoms with Crippen LogP contribution in [0.15, 0.2) is 0 Å². The average Bonchev–Trinajstić information content (AvgIpc) is 2.77. The maximum atomic E-state index is 2.50. The summed E-state index contributed by atoms with van der Waals surface area (Å²) >= 11 is 0. The summed E-state index contributed by atoms with van der Waals surface area (Å²) in [4.78, 5) is 2.50. The fourth-order valence-electron chi connectivity index (χ4n) is 2.32. The molecule has 0 N–H and O–H groups in total. The van der Waals surface area contributed by atoms with Gasteiger partial charge in [0.05, 0.1) is 0 Å². The standard InChI is InChI=1S/C10H19N/c1-8-7-10(9-3-4-9)5-6-11(8)2/h8-10H,3-7H2,1-2H3/t8-,10?/m1/s1. The molecular formula is C10H19N. The van der Waals surface area contributed by atoms with Crippen molar-refractivity contribution in [3.8, 4) is 0 Å². The molecule has 2 fully saturated rings. The second-order valence-electron chi connectivity index (χ2n) is 4.45. The molecule has 11 heavy (non-hydrogen) atoms. The maximum absolute atomic E-state index is 2.50. The van der Waals surface area contributed by atoms with Gasteiger partial charge in [-0.15, -0.1) is 0 Å². The SMILES string of the molecule is C[C@@H]1CC(C2CC2)CCN1C. The third kappa shape index (κ3) is 1.58. The van der Waals surface area contributed by atoms with Crippen LogP contribution in [0.3, 0.4) is 0 Å². The Balaban J connectivity index is 1.86. The van der Waals surface area contributed by atoms with E-state index >= 15 is 0 Å². The van der Waals surface area contributed by atoms with Crippen molar-refractivity contribution in [2.75, 3.05) is 13.6 Å². The van der Waals surface area contributed by atoms with Crippen LogP contribution in [0.5, 0.6) is 0 Å². The molecular weight excluding hydrogens is 134 g/mol. The van der Waals surface area contributed by atoms with E-state index in [-0.39, 0.29) is 0 Å². The van der Waals surface area contributed by atoms with Crippen molar-refractivity contribution in [3.05, 3.63) is 0 Å². The zero-order valence-corrected chi connectivity index (χ0v) is 7.71. The highest BCUT2D eigenvalue weighted by molar-refractivity contribution is 4.87. The van der Waals surface area contributed by atoms with Gasteiger partial charge in [0.2, 0.25) is 0 Å². The van der Waals surface area contributed by atoms with Crippen molar-refractivity contribution >= 4 is 0 Å². The van der Waals surface area contributed by atoms with Gasteiger partial charge in [0.25, 0.3) is 0 Å². The predicted molar refractivity (Wildman–Crippen MR) is 47.5 cm³/mol. The zero-order chi connectivity index (χ0) is 7.84. The Hall–Kier alpha value is -0.0400. The summed E-state index contributed by atoms with van der Waals surface area (Å²) in [6, 6.07) is 0.842. The highest BCUT2D eigenvalue weighted by Gasteiger charge is 2.34. The molecule has 0 spiro atoms. The smallest absolute Gasteiger partial charge is 0.00666 e. The van der Waals surface area contributed by atoms with Crippen LogP contribution in [0.25, 0.3) is 0 Å². The molecule has 64 valence electrons. The minimum absolute atomic E-state index is 0.842. The number of nitrogens with zero attached hydrogens (tertiary/aromatic N) is 1. The van der Waals surface area contributed by atoms with Gasteiger partial charge in [-0.3, -0.25) is 0 Å². The van der Waals surface area contributed by atoms with Crippen LogP contribution in [0.2, 0.25) is 0 Å². The minimum atomic E-state index is 0.842. The molecule has 1 saturated heterocycles.